The molecule has 0 unspecified atom stereocenters. The van der Waals surface area contributed by atoms with Gasteiger partial charge in [0.05, 0.1) is 17.8 Å². The van der Waals surface area contributed by atoms with Gasteiger partial charge in [0, 0.05) is 0 Å². The molecule has 0 spiro atoms. The van der Waals surface area contributed by atoms with Crippen molar-refractivity contribution in [1.82, 2.24) is 0 Å². The number of rotatable bonds is 5. The van der Waals surface area contributed by atoms with Crippen LogP contribution in [0, 0.1) is 0 Å². The standard InChI is InChI=1S/C16H18O4/c1-2-3-9-14-13(17)10-11-15(19-14)20-16(18)12-7-5-4-6-8-12/h2,4-8,10-11,13-15,17H,1,3,9H2/t13-,14+,15+/m1/s1. The van der Waals surface area contributed by atoms with Gasteiger partial charge >= 0.3 is 5.97 Å². The molecule has 1 N–H and O–H groups in total. The highest BCUT2D eigenvalue weighted by Gasteiger charge is 2.27. The summed E-state index contributed by atoms with van der Waals surface area (Å²) in [7, 11) is 0. The predicted molar refractivity (Wildman–Crippen MR) is 75.1 cm³/mol. The molecule has 106 valence electrons. The summed E-state index contributed by atoms with van der Waals surface area (Å²) >= 11 is 0. The highest BCUT2D eigenvalue weighted by molar-refractivity contribution is 5.89. The molecule has 0 aliphatic carbocycles. The largest absolute Gasteiger partial charge is 0.428 e. The Labute approximate surface area is 118 Å². The Morgan fingerprint density at radius 2 is 2.10 bits per heavy atom. The van der Waals surface area contributed by atoms with Gasteiger partial charge in [-0.1, -0.05) is 30.4 Å². The zero-order valence-corrected chi connectivity index (χ0v) is 11.1. The highest BCUT2D eigenvalue weighted by atomic mass is 16.7. The van der Waals surface area contributed by atoms with Crippen molar-refractivity contribution in [3.8, 4) is 0 Å². The zero-order valence-electron chi connectivity index (χ0n) is 11.1. The molecule has 0 saturated carbocycles. The summed E-state index contributed by atoms with van der Waals surface area (Å²) in [6, 6.07) is 8.73. The predicted octanol–water partition coefficient (Wildman–Crippen LogP) is 2.45. The second-order valence-corrected chi connectivity index (χ2v) is 4.56. The van der Waals surface area contributed by atoms with Crippen molar-refractivity contribution in [3.63, 3.8) is 0 Å². The minimum Gasteiger partial charge on any atom is -0.428 e. The summed E-state index contributed by atoms with van der Waals surface area (Å²) < 4.78 is 10.8. The van der Waals surface area contributed by atoms with E-state index in [4.69, 9.17) is 9.47 Å². The molecule has 3 atom stereocenters. The van der Waals surface area contributed by atoms with E-state index in [2.05, 4.69) is 6.58 Å². The Morgan fingerprint density at radius 3 is 2.80 bits per heavy atom. The molecule has 0 aromatic heterocycles. The molecular formula is C16H18O4. The number of benzene rings is 1. The number of aliphatic hydroxyl groups is 1. The summed E-state index contributed by atoms with van der Waals surface area (Å²) in [6.45, 7) is 3.64. The minimum atomic E-state index is -0.763. The molecule has 1 aromatic rings. The van der Waals surface area contributed by atoms with Gasteiger partial charge in [0.25, 0.3) is 0 Å². The molecule has 4 nitrogen and oxygen atoms in total. The number of carbonyl (C=O) groups excluding carboxylic acids is 1. The Morgan fingerprint density at radius 1 is 1.35 bits per heavy atom. The maximum absolute atomic E-state index is 11.9. The number of ether oxygens (including phenoxy) is 2. The summed E-state index contributed by atoms with van der Waals surface area (Å²) in [5, 5.41) is 9.78. The van der Waals surface area contributed by atoms with Gasteiger partial charge in [0.2, 0.25) is 6.29 Å². The van der Waals surface area contributed by atoms with E-state index >= 15 is 0 Å². The van der Waals surface area contributed by atoms with E-state index in [9.17, 15) is 9.90 Å². The van der Waals surface area contributed by atoms with Crippen LogP contribution >= 0.6 is 0 Å². The lowest BCUT2D eigenvalue weighted by molar-refractivity contribution is -0.147. The molecule has 1 heterocycles. The van der Waals surface area contributed by atoms with Crippen molar-refractivity contribution >= 4 is 5.97 Å². The number of esters is 1. The van der Waals surface area contributed by atoms with Gasteiger partial charge in [-0.3, -0.25) is 0 Å². The molecule has 2 rings (SSSR count). The molecule has 1 aliphatic heterocycles. The fraction of sp³-hybridized carbons (Fsp3) is 0.312. The Balaban J connectivity index is 1.95. The number of hydrogen-bond acceptors (Lipinski definition) is 4. The van der Waals surface area contributed by atoms with E-state index in [0.717, 1.165) is 6.42 Å². The molecule has 0 amide bonds. The first-order valence-corrected chi connectivity index (χ1v) is 6.59. The van der Waals surface area contributed by atoms with Crippen LogP contribution in [0.4, 0.5) is 0 Å². The number of aliphatic hydroxyl groups excluding tert-OH is 1. The highest BCUT2D eigenvalue weighted by Crippen LogP contribution is 2.19. The SMILES string of the molecule is C=CCC[C@@H]1O[C@@H](OC(=O)c2ccccc2)C=C[C@H]1O. The van der Waals surface area contributed by atoms with Crippen molar-refractivity contribution in [3.05, 3.63) is 60.7 Å². The fourth-order valence-corrected chi connectivity index (χ4v) is 1.96. The fourth-order valence-electron chi connectivity index (χ4n) is 1.96. The van der Waals surface area contributed by atoms with Crippen LogP contribution in [0.5, 0.6) is 0 Å². The second-order valence-electron chi connectivity index (χ2n) is 4.56. The van der Waals surface area contributed by atoms with Crippen molar-refractivity contribution in [2.75, 3.05) is 0 Å². The maximum Gasteiger partial charge on any atom is 0.340 e. The summed E-state index contributed by atoms with van der Waals surface area (Å²) in [4.78, 5) is 11.9. The molecule has 0 radical (unpaired) electrons. The average Bonchev–Trinajstić information content (AvgIpc) is 2.48. The summed E-state index contributed by atoms with van der Waals surface area (Å²) in [6.07, 6.45) is 4.45. The first-order valence-electron chi connectivity index (χ1n) is 6.59. The van der Waals surface area contributed by atoms with E-state index in [0.29, 0.717) is 12.0 Å². The smallest absolute Gasteiger partial charge is 0.340 e. The molecule has 1 aliphatic rings. The third kappa shape index (κ3) is 3.79. The molecule has 1 aromatic carbocycles. The summed E-state index contributed by atoms with van der Waals surface area (Å²) in [5.41, 5.74) is 0.471. The van der Waals surface area contributed by atoms with Crippen LogP contribution in [-0.2, 0) is 9.47 Å². The van der Waals surface area contributed by atoms with Gasteiger partial charge in [-0.2, -0.15) is 0 Å². The van der Waals surface area contributed by atoms with Crippen LogP contribution in [-0.4, -0.2) is 29.6 Å². The lowest BCUT2D eigenvalue weighted by atomic mass is 10.1. The Bertz CT molecular complexity index is 481. The minimum absolute atomic E-state index is 0.383. The van der Waals surface area contributed by atoms with Gasteiger partial charge in [0.15, 0.2) is 0 Å². The third-order valence-electron chi connectivity index (χ3n) is 3.04. The van der Waals surface area contributed by atoms with Crippen molar-refractivity contribution in [2.45, 2.75) is 31.3 Å². The van der Waals surface area contributed by atoms with E-state index in [-0.39, 0.29) is 6.10 Å². The average molecular weight is 274 g/mol. The van der Waals surface area contributed by atoms with E-state index < -0.39 is 18.4 Å². The molecule has 0 fully saturated rings. The van der Waals surface area contributed by atoms with Crippen LogP contribution in [0.3, 0.4) is 0 Å². The van der Waals surface area contributed by atoms with Gasteiger partial charge in [-0.05, 0) is 31.1 Å². The molecular weight excluding hydrogens is 256 g/mol. The van der Waals surface area contributed by atoms with Gasteiger partial charge in [0.1, 0.15) is 0 Å². The molecule has 0 bridgehead atoms. The maximum atomic E-state index is 11.9. The first-order chi connectivity index (χ1) is 9.70. The van der Waals surface area contributed by atoms with Crippen LogP contribution in [0.1, 0.15) is 23.2 Å². The van der Waals surface area contributed by atoms with Crippen LogP contribution in [0.25, 0.3) is 0 Å². The quantitative estimate of drug-likeness (QED) is 0.662. The van der Waals surface area contributed by atoms with E-state index in [1.165, 1.54) is 0 Å². The Kier molecular flexibility index (Phi) is 5.09. The Hall–Kier alpha value is -1.91. The van der Waals surface area contributed by atoms with Crippen molar-refractivity contribution in [2.24, 2.45) is 0 Å². The first kappa shape index (κ1) is 14.5. The van der Waals surface area contributed by atoms with E-state index in [1.807, 2.05) is 6.07 Å². The topological polar surface area (TPSA) is 55.8 Å². The lowest BCUT2D eigenvalue weighted by Gasteiger charge is -2.29. The zero-order chi connectivity index (χ0) is 14.4. The van der Waals surface area contributed by atoms with Crippen LogP contribution in [0.15, 0.2) is 55.1 Å². The summed E-state index contributed by atoms with van der Waals surface area (Å²) in [5.74, 6) is -0.445. The number of allylic oxidation sites excluding steroid dienone is 1. The third-order valence-corrected chi connectivity index (χ3v) is 3.04. The van der Waals surface area contributed by atoms with Gasteiger partial charge in [-0.25, -0.2) is 4.79 Å². The molecule has 4 heteroatoms. The normalized spacial score (nSPS) is 25.1. The number of hydrogen-bond donors (Lipinski definition) is 1. The monoisotopic (exact) mass is 274 g/mol. The van der Waals surface area contributed by atoms with E-state index in [1.54, 1.807) is 42.5 Å². The van der Waals surface area contributed by atoms with Gasteiger partial charge in [-0.15, -0.1) is 6.58 Å². The second kappa shape index (κ2) is 7.03. The van der Waals surface area contributed by atoms with Crippen molar-refractivity contribution < 1.29 is 19.4 Å². The molecule has 0 saturated heterocycles. The number of carbonyl (C=O) groups is 1. The van der Waals surface area contributed by atoms with Crippen LogP contribution in [0.2, 0.25) is 0 Å². The molecule has 20 heavy (non-hydrogen) atoms. The van der Waals surface area contributed by atoms with Gasteiger partial charge < -0.3 is 14.6 Å². The lowest BCUT2D eigenvalue weighted by Crippen LogP contribution is -2.37. The van der Waals surface area contributed by atoms with Crippen molar-refractivity contribution in [1.29, 1.82) is 0 Å². The van der Waals surface area contributed by atoms with Crippen LogP contribution < -0.4 is 0 Å².